The summed E-state index contributed by atoms with van der Waals surface area (Å²) in [6.45, 7) is 3.57. The molecule has 30 heavy (non-hydrogen) atoms. The highest BCUT2D eigenvalue weighted by atomic mass is 16.6. The van der Waals surface area contributed by atoms with Crippen molar-refractivity contribution in [1.82, 2.24) is 30.5 Å². The molecule has 1 fully saturated rings. The van der Waals surface area contributed by atoms with Crippen LogP contribution in [0.15, 0.2) is 36.5 Å². The summed E-state index contributed by atoms with van der Waals surface area (Å²) in [5.41, 5.74) is 3.89. The number of cyclic esters (lactones) is 1. The van der Waals surface area contributed by atoms with Gasteiger partial charge in [-0.05, 0) is 59.2 Å². The number of ether oxygens (including phenoxy) is 1. The molecular weight excluding hydrogens is 386 g/mol. The Labute approximate surface area is 171 Å². The third-order valence-electron chi connectivity index (χ3n) is 5.45. The lowest BCUT2D eigenvalue weighted by molar-refractivity contribution is -0.119. The molecule has 2 aromatic heterocycles. The number of nitrogens with one attached hydrogen (secondary N) is 1. The van der Waals surface area contributed by atoms with E-state index < -0.39 is 0 Å². The van der Waals surface area contributed by atoms with Crippen LogP contribution in [-0.2, 0) is 16.0 Å². The molecule has 0 radical (unpaired) electrons. The average Bonchev–Trinajstić information content (AvgIpc) is 3.41. The minimum Gasteiger partial charge on any atom is -0.442 e. The Morgan fingerprint density at radius 2 is 2.10 bits per heavy atom. The number of hydrogen-bond acceptors (Lipinski definition) is 7. The Bertz CT molecular complexity index is 1140. The number of amides is 2. The van der Waals surface area contributed by atoms with Crippen LogP contribution < -0.4 is 10.2 Å². The molecular formula is C20H19N7O3. The monoisotopic (exact) mass is 405 g/mol. The molecule has 2 aliphatic heterocycles. The molecule has 4 heterocycles. The summed E-state index contributed by atoms with van der Waals surface area (Å²) < 4.78 is 7.02. The van der Waals surface area contributed by atoms with E-state index in [2.05, 4.69) is 31.9 Å². The van der Waals surface area contributed by atoms with E-state index >= 15 is 0 Å². The fourth-order valence-corrected chi connectivity index (χ4v) is 4.00. The second-order valence-corrected chi connectivity index (χ2v) is 7.39. The highest BCUT2D eigenvalue weighted by Crippen LogP contribution is 2.40. The molecule has 2 aliphatic rings. The van der Waals surface area contributed by atoms with Gasteiger partial charge in [0.2, 0.25) is 5.91 Å². The summed E-state index contributed by atoms with van der Waals surface area (Å²) in [5.74, 6) is 1.16. The predicted molar refractivity (Wildman–Crippen MR) is 106 cm³/mol. The molecule has 2 amide bonds. The molecule has 10 nitrogen and oxygen atoms in total. The molecule has 1 unspecified atom stereocenters. The van der Waals surface area contributed by atoms with Crippen LogP contribution in [0.3, 0.4) is 0 Å². The van der Waals surface area contributed by atoms with Gasteiger partial charge in [0, 0.05) is 18.7 Å². The number of carbonyl (C=O) groups excluding carboxylic acids is 2. The number of fused-ring (bicyclic) bond motifs is 3. The fourth-order valence-electron chi connectivity index (χ4n) is 4.00. The Kier molecular flexibility index (Phi) is 4.19. The number of tetrazole rings is 1. The summed E-state index contributed by atoms with van der Waals surface area (Å²) in [5, 5.41) is 14.2. The van der Waals surface area contributed by atoms with Crippen LogP contribution in [0.1, 0.15) is 18.3 Å². The van der Waals surface area contributed by atoms with Gasteiger partial charge in [0.05, 0.1) is 18.3 Å². The molecule has 152 valence electrons. The smallest absolute Gasteiger partial charge is 0.415 e. The van der Waals surface area contributed by atoms with Crippen LogP contribution in [0.5, 0.6) is 0 Å². The van der Waals surface area contributed by atoms with Crippen LogP contribution >= 0.6 is 0 Å². The largest absolute Gasteiger partial charge is 0.442 e. The average molecular weight is 405 g/mol. The second-order valence-electron chi connectivity index (χ2n) is 7.39. The Balaban J connectivity index is 1.39. The second kappa shape index (κ2) is 6.90. The molecule has 0 aliphatic carbocycles. The predicted octanol–water partition coefficient (Wildman–Crippen LogP) is 1.42. The van der Waals surface area contributed by atoms with Crippen molar-refractivity contribution in [3.63, 3.8) is 0 Å². The zero-order valence-corrected chi connectivity index (χ0v) is 16.4. The molecule has 2 atom stereocenters. The van der Waals surface area contributed by atoms with E-state index in [0.29, 0.717) is 24.6 Å². The summed E-state index contributed by atoms with van der Waals surface area (Å²) in [6.07, 6.45) is 1.72. The van der Waals surface area contributed by atoms with Gasteiger partial charge in [-0.25, -0.2) is 9.78 Å². The van der Waals surface area contributed by atoms with Gasteiger partial charge in [0.25, 0.3) is 0 Å². The summed E-state index contributed by atoms with van der Waals surface area (Å²) >= 11 is 0. The number of hydrogen-bond donors (Lipinski definition) is 1. The standard InChI is InChI=1S/C20H19N7O3/c1-11-23-24-25-27(11)19-6-4-14(9-22-19)13-3-5-16-15(7-13)8-17-18(10-21-12(2)28)30-20(29)26(16)17/h3-7,9,17-18H,8,10H2,1-2H3,(H,21,28)/t17?,18-/m0/s1. The van der Waals surface area contributed by atoms with Gasteiger partial charge in [-0.15, -0.1) is 5.10 Å². The first-order valence-electron chi connectivity index (χ1n) is 9.60. The third kappa shape index (κ3) is 2.97. The van der Waals surface area contributed by atoms with Gasteiger partial charge < -0.3 is 10.1 Å². The van der Waals surface area contributed by atoms with Gasteiger partial charge in [0.1, 0.15) is 6.10 Å². The minimum absolute atomic E-state index is 0.113. The molecule has 10 heteroatoms. The highest BCUT2D eigenvalue weighted by Gasteiger charge is 2.47. The number of benzene rings is 1. The molecule has 1 aromatic carbocycles. The molecule has 0 bridgehead atoms. The topological polar surface area (TPSA) is 115 Å². The van der Waals surface area contributed by atoms with Crippen LogP contribution in [0, 0.1) is 6.92 Å². The van der Waals surface area contributed by atoms with Crippen LogP contribution in [-0.4, -0.2) is 55.9 Å². The number of aryl methyl sites for hydroxylation is 1. The number of aromatic nitrogens is 5. The minimum atomic E-state index is -0.371. The first-order valence-corrected chi connectivity index (χ1v) is 9.60. The number of carbonyl (C=O) groups is 2. The summed E-state index contributed by atoms with van der Waals surface area (Å²) in [7, 11) is 0. The van der Waals surface area contributed by atoms with Gasteiger partial charge in [-0.3, -0.25) is 9.69 Å². The molecule has 1 N–H and O–H groups in total. The van der Waals surface area contributed by atoms with Gasteiger partial charge >= 0.3 is 6.09 Å². The quantitative estimate of drug-likeness (QED) is 0.698. The maximum Gasteiger partial charge on any atom is 0.415 e. The molecule has 0 saturated carbocycles. The van der Waals surface area contributed by atoms with Crippen molar-refractivity contribution < 1.29 is 14.3 Å². The van der Waals surface area contributed by atoms with Gasteiger partial charge in [0.15, 0.2) is 11.6 Å². The van der Waals surface area contributed by atoms with Crippen molar-refractivity contribution in [1.29, 1.82) is 0 Å². The molecule has 1 saturated heterocycles. The van der Waals surface area contributed by atoms with E-state index in [1.807, 2.05) is 31.2 Å². The fraction of sp³-hybridized carbons (Fsp3) is 0.300. The molecule has 5 rings (SSSR count). The van der Waals surface area contributed by atoms with Crippen molar-refractivity contribution in [2.75, 3.05) is 11.4 Å². The van der Waals surface area contributed by atoms with Crippen molar-refractivity contribution in [2.24, 2.45) is 0 Å². The SMILES string of the molecule is CC(=O)NC[C@@H]1OC(=O)N2c3ccc(-c4ccc(-n5nnnc5C)nc4)cc3CC12. The van der Waals surface area contributed by atoms with Gasteiger partial charge in [-0.2, -0.15) is 4.68 Å². The van der Waals surface area contributed by atoms with Crippen molar-refractivity contribution in [3.05, 3.63) is 47.9 Å². The zero-order valence-electron chi connectivity index (χ0n) is 16.4. The maximum absolute atomic E-state index is 12.4. The lowest BCUT2D eigenvalue weighted by atomic mass is 10.0. The van der Waals surface area contributed by atoms with Gasteiger partial charge in [-0.1, -0.05) is 6.07 Å². The first-order chi connectivity index (χ1) is 14.5. The normalized spacial score (nSPS) is 19.4. The van der Waals surface area contributed by atoms with E-state index in [9.17, 15) is 9.59 Å². The maximum atomic E-state index is 12.4. The van der Waals surface area contributed by atoms with E-state index in [1.54, 1.807) is 15.8 Å². The van der Waals surface area contributed by atoms with E-state index in [0.717, 1.165) is 22.4 Å². The Morgan fingerprint density at radius 1 is 1.27 bits per heavy atom. The van der Waals surface area contributed by atoms with Crippen LogP contribution in [0.25, 0.3) is 16.9 Å². The van der Waals surface area contributed by atoms with Crippen LogP contribution in [0.2, 0.25) is 0 Å². The van der Waals surface area contributed by atoms with Crippen LogP contribution in [0.4, 0.5) is 10.5 Å². The van der Waals surface area contributed by atoms with E-state index in [-0.39, 0.29) is 24.1 Å². The Hall–Kier alpha value is -3.82. The lowest BCUT2D eigenvalue weighted by Gasteiger charge is -2.16. The molecule has 0 spiro atoms. The number of anilines is 1. The number of rotatable bonds is 4. The van der Waals surface area contributed by atoms with Crippen molar-refractivity contribution in [3.8, 4) is 16.9 Å². The van der Waals surface area contributed by atoms with Crippen molar-refractivity contribution >= 4 is 17.7 Å². The van der Waals surface area contributed by atoms with E-state index in [4.69, 9.17) is 4.74 Å². The highest BCUT2D eigenvalue weighted by molar-refractivity contribution is 5.94. The van der Waals surface area contributed by atoms with Crippen molar-refractivity contribution in [2.45, 2.75) is 32.4 Å². The number of nitrogens with zero attached hydrogens (tertiary/aromatic N) is 6. The van der Waals surface area contributed by atoms with E-state index in [1.165, 1.54) is 6.92 Å². The lowest BCUT2D eigenvalue weighted by Crippen LogP contribution is -2.40. The first kappa shape index (κ1) is 18.2. The number of pyridine rings is 1. The summed E-state index contributed by atoms with van der Waals surface area (Å²) in [6, 6.07) is 9.70. The zero-order chi connectivity index (χ0) is 20.8. The third-order valence-corrected chi connectivity index (χ3v) is 5.45. The summed E-state index contributed by atoms with van der Waals surface area (Å²) in [4.78, 5) is 29.8. The molecule has 3 aromatic rings. The Morgan fingerprint density at radius 3 is 2.80 bits per heavy atom.